The zero-order valence-electron chi connectivity index (χ0n) is 23.6. The molecule has 0 aliphatic carbocycles. The van der Waals surface area contributed by atoms with Crippen LogP contribution in [0, 0.1) is 12.8 Å². The van der Waals surface area contributed by atoms with Crippen molar-refractivity contribution in [3.8, 4) is 5.69 Å². The third-order valence-electron chi connectivity index (χ3n) is 8.85. The molecule has 10 heteroatoms. The van der Waals surface area contributed by atoms with Crippen LogP contribution in [0.25, 0.3) is 16.7 Å². The molecular weight excluding hydrogens is 534 g/mol. The van der Waals surface area contributed by atoms with Crippen LogP contribution in [0.15, 0.2) is 78.0 Å². The largest absolute Gasteiger partial charge is 0.465 e. The molecule has 0 bridgehead atoms. The van der Waals surface area contributed by atoms with Crippen molar-refractivity contribution in [3.63, 3.8) is 0 Å². The monoisotopic (exact) mass is 569 g/mol. The Balaban J connectivity index is 1.15. The zero-order valence-corrected chi connectivity index (χ0v) is 23.6. The summed E-state index contributed by atoms with van der Waals surface area (Å²) in [4.78, 5) is 46.5. The molecule has 2 aromatic heterocycles. The molecule has 10 nitrogen and oxygen atoms in total. The molecule has 0 spiro atoms. The van der Waals surface area contributed by atoms with Gasteiger partial charge in [0, 0.05) is 49.9 Å². The molecule has 2 N–H and O–H groups in total. The Morgan fingerprint density at radius 3 is 2.48 bits per heavy atom. The lowest BCUT2D eigenvalue weighted by Gasteiger charge is -2.42. The van der Waals surface area contributed by atoms with Gasteiger partial charge in [0.25, 0.3) is 5.56 Å². The number of benzene rings is 2. The van der Waals surface area contributed by atoms with Gasteiger partial charge in [-0.05, 0) is 55.5 Å². The number of rotatable bonds is 5. The van der Waals surface area contributed by atoms with Gasteiger partial charge < -0.3 is 24.6 Å². The third kappa shape index (κ3) is 5.30. The van der Waals surface area contributed by atoms with Gasteiger partial charge in [-0.25, -0.2) is 9.78 Å². The number of aromatic nitrogens is 3. The van der Waals surface area contributed by atoms with Crippen molar-refractivity contribution in [2.45, 2.75) is 44.2 Å². The number of nitrogens with zero attached hydrogens (tertiary/aromatic N) is 5. The predicted octanol–water partition coefficient (Wildman–Crippen LogP) is 3.63. The zero-order chi connectivity index (χ0) is 29.4. The molecule has 0 unspecified atom stereocenters. The molecule has 42 heavy (non-hydrogen) atoms. The fraction of sp³-hybridized carbons (Fsp3) is 0.375. The maximum absolute atomic E-state index is 13.7. The van der Waals surface area contributed by atoms with Crippen LogP contribution in [-0.2, 0) is 11.3 Å². The predicted molar refractivity (Wildman–Crippen MR) is 158 cm³/mol. The van der Waals surface area contributed by atoms with Crippen molar-refractivity contribution >= 4 is 23.0 Å². The van der Waals surface area contributed by atoms with Gasteiger partial charge in [-0.2, -0.15) is 0 Å². The number of aryl methyl sites for hydroxylation is 1. The second kappa shape index (κ2) is 11.1. The van der Waals surface area contributed by atoms with E-state index in [1.54, 1.807) is 11.0 Å². The van der Waals surface area contributed by atoms with Gasteiger partial charge in [0.1, 0.15) is 6.33 Å². The van der Waals surface area contributed by atoms with E-state index in [1.807, 2.05) is 72.3 Å². The Morgan fingerprint density at radius 2 is 1.76 bits per heavy atom. The molecule has 2 atom stereocenters. The summed E-state index contributed by atoms with van der Waals surface area (Å²) in [5.41, 5.74) is 2.18. The molecule has 2 aliphatic heterocycles. The lowest BCUT2D eigenvalue weighted by molar-refractivity contribution is -0.142. The molecule has 0 saturated carbocycles. The summed E-state index contributed by atoms with van der Waals surface area (Å²) in [6, 6.07) is 19.3. The van der Waals surface area contributed by atoms with Crippen molar-refractivity contribution in [2.75, 3.05) is 26.2 Å². The number of fused-ring (bicyclic) bond motifs is 1. The molecular formula is C32H35N5O5. The van der Waals surface area contributed by atoms with Gasteiger partial charge in [-0.15, -0.1) is 0 Å². The van der Waals surface area contributed by atoms with Crippen molar-refractivity contribution in [3.05, 3.63) is 94.7 Å². The van der Waals surface area contributed by atoms with Crippen LogP contribution >= 0.6 is 0 Å². The summed E-state index contributed by atoms with van der Waals surface area (Å²) < 4.78 is 3.35. The smallest absolute Gasteiger partial charge is 0.407 e. The van der Waals surface area contributed by atoms with E-state index >= 15 is 0 Å². The van der Waals surface area contributed by atoms with Gasteiger partial charge >= 0.3 is 6.09 Å². The number of carbonyl (C=O) groups is 2. The fourth-order valence-corrected chi connectivity index (χ4v) is 6.47. The van der Waals surface area contributed by atoms with Crippen LogP contribution in [0.5, 0.6) is 0 Å². The number of amides is 2. The van der Waals surface area contributed by atoms with Gasteiger partial charge in [-0.3, -0.25) is 14.2 Å². The number of hydrogen-bond acceptors (Lipinski definition) is 5. The SMILES string of the molecule is Cc1cccc(-n2ccc3c(=O)n(CC4(O)CCN(C(=O)[C@@H]5CCN(C(=O)O)C[C@H]5c5ccccc5)CC4)cnc32)c1. The molecule has 0 radical (unpaired) electrons. The summed E-state index contributed by atoms with van der Waals surface area (Å²) in [6.45, 7) is 3.43. The normalized spacial score (nSPS) is 20.5. The second-order valence-electron chi connectivity index (χ2n) is 11.6. The number of carbonyl (C=O) groups excluding carboxylic acids is 1. The van der Waals surface area contributed by atoms with Gasteiger partial charge in [-0.1, -0.05) is 42.5 Å². The van der Waals surface area contributed by atoms with Crippen LogP contribution in [0.3, 0.4) is 0 Å². The molecule has 2 amide bonds. The van der Waals surface area contributed by atoms with E-state index in [9.17, 15) is 24.6 Å². The molecule has 4 aromatic rings. The van der Waals surface area contributed by atoms with E-state index in [0.29, 0.717) is 49.9 Å². The minimum atomic E-state index is -1.15. The van der Waals surface area contributed by atoms with E-state index < -0.39 is 11.7 Å². The first-order chi connectivity index (χ1) is 20.2. The highest BCUT2D eigenvalue weighted by Gasteiger charge is 2.41. The summed E-state index contributed by atoms with van der Waals surface area (Å²) in [7, 11) is 0. The number of hydrogen-bond donors (Lipinski definition) is 2. The quantitative estimate of drug-likeness (QED) is 0.379. The van der Waals surface area contributed by atoms with Gasteiger partial charge in [0.05, 0.1) is 17.5 Å². The summed E-state index contributed by atoms with van der Waals surface area (Å²) in [5, 5.41) is 21.5. The minimum Gasteiger partial charge on any atom is -0.465 e. The Labute approximate surface area is 243 Å². The second-order valence-corrected chi connectivity index (χ2v) is 11.6. The summed E-state index contributed by atoms with van der Waals surface area (Å²) >= 11 is 0. The van der Waals surface area contributed by atoms with Crippen LogP contribution < -0.4 is 5.56 Å². The maximum Gasteiger partial charge on any atom is 0.407 e. The highest BCUT2D eigenvalue weighted by Crippen LogP contribution is 2.35. The number of carboxylic acid groups (broad SMARTS) is 1. The minimum absolute atomic E-state index is 0.00585. The van der Waals surface area contributed by atoms with Gasteiger partial charge in [0.15, 0.2) is 5.65 Å². The molecule has 2 saturated heterocycles. The average Bonchev–Trinajstić information content (AvgIpc) is 3.44. The van der Waals surface area contributed by atoms with E-state index in [-0.39, 0.29) is 36.4 Å². The van der Waals surface area contributed by atoms with Crippen molar-refractivity contribution < 1.29 is 19.8 Å². The van der Waals surface area contributed by atoms with Crippen LogP contribution in [0.2, 0.25) is 0 Å². The fourth-order valence-electron chi connectivity index (χ4n) is 6.47. The number of piperidine rings is 2. The molecule has 2 aromatic carbocycles. The van der Waals surface area contributed by atoms with Crippen molar-refractivity contribution in [1.82, 2.24) is 23.9 Å². The molecule has 218 valence electrons. The Bertz CT molecular complexity index is 1670. The third-order valence-corrected chi connectivity index (χ3v) is 8.85. The Hall–Kier alpha value is -4.44. The first-order valence-electron chi connectivity index (χ1n) is 14.4. The van der Waals surface area contributed by atoms with E-state index in [1.165, 1.54) is 15.8 Å². The van der Waals surface area contributed by atoms with Crippen LogP contribution in [0.4, 0.5) is 4.79 Å². The highest BCUT2D eigenvalue weighted by molar-refractivity contribution is 5.81. The van der Waals surface area contributed by atoms with E-state index in [0.717, 1.165) is 16.8 Å². The van der Waals surface area contributed by atoms with E-state index in [2.05, 4.69) is 4.98 Å². The lowest BCUT2D eigenvalue weighted by atomic mass is 9.79. The number of aliphatic hydroxyl groups is 1. The van der Waals surface area contributed by atoms with Crippen LogP contribution in [-0.4, -0.2) is 77.9 Å². The Morgan fingerprint density at radius 1 is 1.00 bits per heavy atom. The Kier molecular flexibility index (Phi) is 7.32. The standard InChI is InChI=1S/C32H35N5O5/c1-22-6-5-9-24(18-22)37-15-11-26-28(37)33-21-36(30(26)39)20-32(42)12-16-34(17-13-32)29(38)25-10-14-35(31(40)41)19-27(25)23-7-3-2-4-8-23/h2-9,11,15,18,21,25,27,42H,10,12-14,16-17,19-20H2,1H3,(H,40,41)/t25-,27+/m1/s1. The first kappa shape index (κ1) is 27.7. The van der Waals surface area contributed by atoms with Crippen molar-refractivity contribution in [1.29, 1.82) is 0 Å². The summed E-state index contributed by atoms with van der Waals surface area (Å²) in [6.07, 6.45) is 3.47. The summed E-state index contributed by atoms with van der Waals surface area (Å²) in [5.74, 6) is -0.567. The highest BCUT2D eigenvalue weighted by atomic mass is 16.4. The molecule has 2 aliphatic rings. The topological polar surface area (TPSA) is 121 Å². The lowest BCUT2D eigenvalue weighted by Crippen LogP contribution is -2.53. The maximum atomic E-state index is 13.7. The first-order valence-corrected chi connectivity index (χ1v) is 14.4. The van der Waals surface area contributed by atoms with Crippen molar-refractivity contribution in [2.24, 2.45) is 5.92 Å². The van der Waals surface area contributed by atoms with E-state index in [4.69, 9.17) is 0 Å². The molecule has 4 heterocycles. The average molecular weight is 570 g/mol. The molecule has 6 rings (SSSR count). The van der Waals surface area contributed by atoms with Crippen LogP contribution in [0.1, 0.15) is 36.3 Å². The van der Waals surface area contributed by atoms with Gasteiger partial charge in [0.2, 0.25) is 5.91 Å². The molecule has 2 fully saturated rings. The number of likely N-dealkylation sites (tertiary alicyclic amines) is 2.